The SMILES string of the molecule is CCCS(=O)(=O)Nc1cccc(-c2nc(C(C)(C)C)sc2-c2ccnc(Nc3ccc(C4CCN(CC5CCN(c6ccc([C@H]7CCC(=O)NC7=O)cn6)CC5)CC4)cc3)n2)c1F. The number of thiazole rings is 1. The molecule has 63 heavy (non-hydrogen) atoms. The van der Waals surface area contributed by atoms with Gasteiger partial charge < -0.3 is 15.1 Å². The van der Waals surface area contributed by atoms with Gasteiger partial charge in [0.2, 0.25) is 27.8 Å². The van der Waals surface area contributed by atoms with Crippen molar-refractivity contribution in [2.75, 3.05) is 53.4 Å². The number of halogens is 1. The highest BCUT2D eigenvalue weighted by atomic mass is 32.2. The molecule has 3 aliphatic heterocycles. The minimum Gasteiger partial charge on any atom is -0.357 e. The Balaban J connectivity index is 0.852. The number of piperidine rings is 3. The number of likely N-dealkylation sites (tertiary alicyclic amines) is 1. The van der Waals surface area contributed by atoms with Crippen LogP contribution in [-0.4, -0.2) is 83.5 Å². The van der Waals surface area contributed by atoms with Gasteiger partial charge in [0.1, 0.15) is 5.82 Å². The number of amides is 2. The van der Waals surface area contributed by atoms with Crippen molar-refractivity contribution in [3.05, 3.63) is 95.0 Å². The minimum atomic E-state index is -3.70. The average molecular weight is 894 g/mol. The summed E-state index contributed by atoms with van der Waals surface area (Å²) >= 11 is 1.44. The molecule has 0 aliphatic carbocycles. The first-order valence-corrected chi connectivity index (χ1v) is 24.5. The third-order valence-corrected chi connectivity index (χ3v) is 15.2. The first kappa shape index (κ1) is 44.3. The van der Waals surface area contributed by atoms with Gasteiger partial charge in [-0.15, -0.1) is 11.3 Å². The standard InChI is InChI=1S/C47H56FN9O4S2/c1-5-27-63(60,61)55-37-8-6-7-36(41(37)48)42-43(62-45(54-42)47(2,3)4)38-17-22-49-46(52-38)51-34-12-9-31(10-13-34)32-20-23-56(24-21-32)29-30-18-25-57(26-19-30)39-15-11-33(28-50-39)35-14-16-40(58)53-44(35)59/h6-13,15,17,22,28,30,32,35,55H,5,14,16,18-21,23-27,29H2,1-4H3,(H,49,51,52)(H,53,58,59)/t35-/m1/s1. The second-order valence-corrected chi connectivity index (χ2v) is 20.8. The molecule has 1 atom stereocenters. The highest BCUT2D eigenvalue weighted by Gasteiger charge is 2.30. The number of nitrogens with one attached hydrogen (secondary N) is 3. The van der Waals surface area contributed by atoms with Gasteiger partial charge in [-0.1, -0.05) is 52.0 Å². The molecule has 5 aromatic rings. The Morgan fingerprint density at radius 3 is 2.32 bits per heavy atom. The van der Waals surface area contributed by atoms with E-state index >= 15 is 4.39 Å². The van der Waals surface area contributed by atoms with Crippen LogP contribution in [0, 0.1) is 11.7 Å². The number of nitrogens with zero attached hydrogens (tertiary/aromatic N) is 6. The smallest absolute Gasteiger partial charge is 0.234 e. The molecular formula is C47H56FN9O4S2. The third-order valence-electron chi connectivity index (χ3n) is 12.2. The van der Waals surface area contributed by atoms with E-state index in [1.165, 1.54) is 23.0 Å². The number of rotatable bonds is 13. The predicted octanol–water partition coefficient (Wildman–Crippen LogP) is 8.61. The molecule has 0 saturated carbocycles. The number of anilines is 4. The number of aromatic nitrogens is 4. The maximum absolute atomic E-state index is 16.1. The van der Waals surface area contributed by atoms with Crippen molar-refractivity contribution in [3.63, 3.8) is 0 Å². The lowest BCUT2D eigenvalue weighted by Crippen LogP contribution is -2.41. The fraction of sp³-hybridized carbons (Fsp3) is 0.447. The van der Waals surface area contributed by atoms with Gasteiger partial charge in [0, 0.05) is 55.1 Å². The Bertz CT molecular complexity index is 2530. The molecule has 3 N–H and O–H groups in total. The number of hydrogen-bond donors (Lipinski definition) is 3. The van der Waals surface area contributed by atoms with E-state index < -0.39 is 15.8 Å². The summed E-state index contributed by atoms with van der Waals surface area (Å²) in [5, 5.41) is 6.59. The normalized spacial score (nSPS) is 18.4. The highest BCUT2D eigenvalue weighted by molar-refractivity contribution is 7.92. The number of benzene rings is 2. The van der Waals surface area contributed by atoms with Crippen LogP contribution in [-0.2, 0) is 25.0 Å². The zero-order valence-corrected chi connectivity index (χ0v) is 38.0. The molecule has 6 heterocycles. The molecule has 2 amide bonds. The summed E-state index contributed by atoms with van der Waals surface area (Å²) in [6.07, 6.45) is 9.25. The van der Waals surface area contributed by atoms with Crippen LogP contribution >= 0.6 is 11.3 Å². The molecule has 3 fully saturated rings. The van der Waals surface area contributed by atoms with Crippen molar-refractivity contribution in [3.8, 4) is 21.8 Å². The van der Waals surface area contributed by atoms with E-state index in [-0.39, 0.29) is 40.2 Å². The lowest BCUT2D eigenvalue weighted by molar-refractivity contribution is -0.134. The van der Waals surface area contributed by atoms with Crippen molar-refractivity contribution >= 4 is 56.3 Å². The Labute approximate surface area is 373 Å². The van der Waals surface area contributed by atoms with Crippen LogP contribution < -0.4 is 20.3 Å². The van der Waals surface area contributed by atoms with Crippen LogP contribution in [0.15, 0.2) is 73.1 Å². The molecule has 0 spiro atoms. The quantitative estimate of drug-likeness (QED) is 0.0971. The molecule has 332 valence electrons. The highest BCUT2D eigenvalue weighted by Crippen LogP contribution is 2.42. The summed E-state index contributed by atoms with van der Waals surface area (Å²) in [6.45, 7) is 13.1. The van der Waals surface area contributed by atoms with Crippen molar-refractivity contribution in [2.24, 2.45) is 5.92 Å². The Kier molecular flexibility index (Phi) is 13.2. The van der Waals surface area contributed by atoms with Gasteiger partial charge in [-0.3, -0.25) is 19.6 Å². The van der Waals surface area contributed by atoms with Gasteiger partial charge in [0.25, 0.3) is 0 Å². The van der Waals surface area contributed by atoms with Crippen LogP contribution in [0.4, 0.5) is 27.5 Å². The van der Waals surface area contributed by atoms with Crippen molar-refractivity contribution < 1.29 is 22.4 Å². The number of imide groups is 1. The fourth-order valence-corrected chi connectivity index (χ4v) is 11.0. The largest absolute Gasteiger partial charge is 0.357 e. The molecule has 3 aromatic heterocycles. The molecule has 0 unspecified atom stereocenters. The van der Waals surface area contributed by atoms with Gasteiger partial charge in [-0.25, -0.2) is 32.7 Å². The summed E-state index contributed by atoms with van der Waals surface area (Å²) in [5.41, 5.74) is 3.78. The van der Waals surface area contributed by atoms with E-state index in [1.807, 2.05) is 32.9 Å². The fourth-order valence-electron chi connectivity index (χ4n) is 8.75. The number of pyridine rings is 1. The average Bonchev–Trinajstić information content (AvgIpc) is 3.72. The van der Waals surface area contributed by atoms with Crippen LogP contribution in [0.5, 0.6) is 0 Å². The summed E-state index contributed by atoms with van der Waals surface area (Å²) < 4.78 is 43.6. The molecule has 3 saturated heterocycles. The zero-order chi connectivity index (χ0) is 44.3. The first-order valence-electron chi connectivity index (χ1n) is 22.0. The van der Waals surface area contributed by atoms with Crippen LogP contribution in [0.25, 0.3) is 21.8 Å². The van der Waals surface area contributed by atoms with Gasteiger partial charge >= 0.3 is 0 Å². The molecular weight excluding hydrogens is 838 g/mol. The molecule has 16 heteroatoms. The second kappa shape index (κ2) is 18.8. The van der Waals surface area contributed by atoms with E-state index in [1.54, 1.807) is 37.5 Å². The monoisotopic (exact) mass is 893 g/mol. The van der Waals surface area contributed by atoms with Gasteiger partial charge in [0.05, 0.1) is 38.6 Å². The van der Waals surface area contributed by atoms with Crippen LogP contribution in [0.3, 0.4) is 0 Å². The first-order chi connectivity index (χ1) is 30.2. The van der Waals surface area contributed by atoms with E-state index in [4.69, 9.17) is 15.0 Å². The van der Waals surface area contributed by atoms with Crippen molar-refractivity contribution in [1.29, 1.82) is 0 Å². The molecule has 0 bridgehead atoms. The van der Waals surface area contributed by atoms with Gasteiger partial charge in [-0.2, -0.15) is 0 Å². The molecule has 0 radical (unpaired) electrons. The summed E-state index contributed by atoms with van der Waals surface area (Å²) in [5.74, 6) is 0.950. The Morgan fingerprint density at radius 1 is 0.889 bits per heavy atom. The van der Waals surface area contributed by atoms with Crippen LogP contribution in [0.1, 0.15) is 101 Å². The maximum atomic E-state index is 16.1. The second-order valence-electron chi connectivity index (χ2n) is 18.0. The number of hydrogen-bond acceptors (Lipinski definition) is 12. The molecule has 8 rings (SSSR count). The van der Waals surface area contributed by atoms with E-state index in [2.05, 4.69) is 54.4 Å². The molecule has 3 aliphatic rings. The molecule has 13 nitrogen and oxygen atoms in total. The summed E-state index contributed by atoms with van der Waals surface area (Å²) in [4.78, 5) is 48.4. The summed E-state index contributed by atoms with van der Waals surface area (Å²) in [6, 6.07) is 19.0. The summed E-state index contributed by atoms with van der Waals surface area (Å²) in [7, 11) is -3.70. The number of carbonyl (C=O) groups excluding carboxylic acids is 2. The van der Waals surface area contributed by atoms with E-state index in [0.29, 0.717) is 53.3 Å². The van der Waals surface area contributed by atoms with E-state index in [0.717, 1.165) is 80.5 Å². The minimum absolute atomic E-state index is 0.108. The lowest BCUT2D eigenvalue weighted by Gasteiger charge is -2.38. The number of carbonyl (C=O) groups is 2. The number of sulfonamides is 1. The van der Waals surface area contributed by atoms with E-state index in [9.17, 15) is 18.0 Å². The Hall–Kier alpha value is -5.32. The lowest BCUT2D eigenvalue weighted by atomic mass is 9.88. The van der Waals surface area contributed by atoms with Crippen molar-refractivity contribution in [1.82, 2.24) is 30.2 Å². The van der Waals surface area contributed by atoms with Gasteiger partial charge in [0.15, 0.2) is 5.82 Å². The predicted molar refractivity (Wildman–Crippen MR) is 247 cm³/mol. The topological polar surface area (TPSA) is 162 Å². The maximum Gasteiger partial charge on any atom is 0.234 e. The molecule has 2 aromatic carbocycles. The third kappa shape index (κ3) is 10.6. The van der Waals surface area contributed by atoms with Gasteiger partial charge in [-0.05, 0) is 111 Å². The van der Waals surface area contributed by atoms with Crippen LogP contribution in [0.2, 0.25) is 0 Å². The zero-order valence-electron chi connectivity index (χ0n) is 36.4. The van der Waals surface area contributed by atoms with Crippen molar-refractivity contribution in [2.45, 2.75) is 89.9 Å². The Morgan fingerprint density at radius 2 is 1.63 bits per heavy atom.